The van der Waals surface area contributed by atoms with Gasteiger partial charge in [-0.1, -0.05) is 54.4 Å². The molecule has 0 bridgehead atoms. The summed E-state index contributed by atoms with van der Waals surface area (Å²) in [6.07, 6.45) is 3.96. The van der Waals surface area contributed by atoms with E-state index in [9.17, 15) is 9.90 Å². The maximum absolute atomic E-state index is 11.3. The number of aromatic nitrogens is 1. The summed E-state index contributed by atoms with van der Waals surface area (Å²) in [5.74, 6) is 0.657. The molecule has 2 atom stereocenters. The Labute approximate surface area is 200 Å². The molecule has 1 N–H and O–H groups in total. The molecule has 0 unspecified atom stereocenters. The number of carboxylic acids is 1. The molecule has 0 radical (unpaired) electrons. The quantitative estimate of drug-likeness (QED) is 0.403. The molecule has 1 heterocycles. The van der Waals surface area contributed by atoms with Crippen LogP contribution in [0.1, 0.15) is 50.8 Å². The highest BCUT2D eigenvalue weighted by molar-refractivity contribution is 5.76. The predicted molar refractivity (Wildman–Crippen MR) is 130 cm³/mol. The lowest BCUT2D eigenvalue weighted by atomic mass is 9.87. The Balaban J connectivity index is 1.45. The van der Waals surface area contributed by atoms with Gasteiger partial charge in [0.1, 0.15) is 5.69 Å². The fourth-order valence-electron chi connectivity index (χ4n) is 4.21. The van der Waals surface area contributed by atoms with E-state index in [0.717, 1.165) is 48.3 Å². The maximum Gasteiger partial charge on any atom is 0.335 e. The van der Waals surface area contributed by atoms with Crippen molar-refractivity contribution in [2.24, 2.45) is 5.92 Å². The van der Waals surface area contributed by atoms with E-state index < -0.39 is 11.6 Å². The number of hydrogen-bond acceptors (Lipinski definition) is 5. The van der Waals surface area contributed by atoms with E-state index >= 15 is 0 Å². The van der Waals surface area contributed by atoms with Crippen molar-refractivity contribution in [2.45, 2.75) is 64.8 Å². The summed E-state index contributed by atoms with van der Waals surface area (Å²) in [7, 11) is 0. The Morgan fingerprint density at radius 2 is 1.82 bits per heavy atom. The number of nitrogens with zero attached hydrogens (tertiary/aromatic N) is 1. The normalized spacial score (nSPS) is 18.7. The third-order valence-corrected chi connectivity index (χ3v) is 6.42. The molecule has 180 valence electrons. The van der Waals surface area contributed by atoms with Gasteiger partial charge in [0.15, 0.2) is 11.4 Å². The molecule has 1 aromatic heterocycles. The highest BCUT2D eigenvalue weighted by Crippen LogP contribution is 2.33. The fraction of sp³-hybridized carbons (Fsp3) is 0.429. The van der Waals surface area contributed by atoms with Crippen LogP contribution in [0, 0.1) is 12.8 Å². The summed E-state index contributed by atoms with van der Waals surface area (Å²) in [6, 6.07) is 18.1. The van der Waals surface area contributed by atoms with Crippen molar-refractivity contribution in [1.82, 2.24) is 4.98 Å². The predicted octanol–water partition coefficient (Wildman–Crippen LogP) is 6.27. The first-order valence-corrected chi connectivity index (χ1v) is 11.9. The van der Waals surface area contributed by atoms with Crippen molar-refractivity contribution in [3.05, 3.63) is 65.9 Å². The molecule has 2 aromatic carbocycles. The molecule has 1 aliphatic rings. The molecule has 0 aliphatic heterocycles. The highest BCUT2D eigenvalue weighted by atomic mass is 16.5. The van der Waals surface area contributed by atoms with Gasteiger partial charge in [-0.15, -0.1) is 0 Å². The topological polar surface area (TPSA) is 81.8 Å². The summed E-state index contributed by atoms with van der Waals surface area (Å²) in [4.78, 5) is 16.1. The van der Waals surface area contributed by atoms with E-state index in [1.165, 1.54) is 5.56 Å². The van der Waals surface area contributed by atoms with Crippen molar-refractivity contribution < 1.29 is 23.8 Å². The smallest absolute Gasteiger partial charge is 0.335 e. The highest BCUT2D eigenvalue weighted by Gasteiger charge is 2.31. The van der Waals surface area contributed by atoms with Gasteiger partial charge in [-0.25, -0.2) is 9.78 Å². The van der Waals surface area contributed by atoms with Gasteiger partial charge in [-0.3, -0.25) is 0 Å². The van der Waals surface area contributed by atoms with Crippen LogP contribution in [0.3, 0.4) is 0 Å². The average molecular weight is 464 g/mol. The minimum absolute atomic E-state index is 0.0819. The number of rotatable bonds is 9. The Kier molecular flexibility index (Phi) is 7.49. The Hall–Kier alpha value is -2.96. The molecular weight excluding hydrogens is 430 g/mol. The number of oxazole rings is 1. The van der Waals surface area contributed by atoms with Gasteiger partial charge in [-0.05, 0) is 58.1 Å². The number of benzene rings is 2. The van der Waals surface area contributed by atoms with Crippen molar-refractivity contribution >= 4 is 5.97 Å². The molecule has 0 spiro atoms. The molecule has 1 saturated carbocycles. The Morgan fingerprint density at radius 3 is 2.53 bits per heavy atom. The second-order valence-electron chi connectivity index (χ2n) is 9.62. The summed E-state index contributed by atoms with van der Waals surface area (Å²) >= 11 is 0. The number of aliphatic carboxylic acids is 1. The minimum Gasteiger partial charge on any atom is -0.479 e. The summed E-state index contributed by atoms with van der Waals surface area (Å²) in [5, 5.41) is 9.29. The zero-order valence-electron chi connectivity index (χ0n) is 20.1. The standard InChI is InChI=1S/C28H33NO5/c1-19-12-14-22(15-13-19)26-29-24(25(34-26)21-9-5-4-6-10-21)18-32-23-11-7-8-20(16-23)17-33-28(2,3)27(30)31/h4-6,9-10,12-15,20,23H,7-8,11,16-18H2,1-3H3,(H,30,31)/t20-,23+/m1/s1. The first-order chi connectivity index (χ1) is 16.3. The molecule has 6 heteroatoms. The van der Waals surface area contributed by atoms with E-state index in [1.54, 1.807) is 13.8 Å². The number of aryl methyl sites for hydroxylation is 1. The average Bonchev–Trinajstić information content (AvgIpc) is 3.27. The van der Waals surface area contributed by atoms with Gasteiger partial charge < -0.3 is 19.0 Å². The van der Waals surface area contributed by atoms with Crippen LogP contribution in [-0.2, 0) is 20.9 Å². The van der Waals surface area contributed by atoms with E-state index in [2.05, 4.69) is 6.92 Å². The van der Waals surface area contributed by atoms with Gasteiger partial charge in [0, 0.05) is 11.1 Å². The van der Waals surface area contributed by atoms with Crippen LogP contribution in [0.15, 0.2) is 59.0 Å². The Bertz CT molecular complexity index is 1090. The van der Waals surface area contributed by atoms with Gasteiger partial charge in [-0.2, -0.15) is 0 Å². The third-order valence-electron chi connectivity index (χ3n) is 6.42. The molecular formula is C28H33NO5. The van der Waals surface area contributed by atoms with E-state index in [4.69, 9.17) is 18.9 Å². The maximum atomic E-state index is 11.3. The van der Waals surface area contributed by atoms with Crippen LogP contribution in [0.4, 0.5) is 0 Å². The van der Waals surface area contributed by atoms with Gasteiger partial charge in [0.2, 0.25) is 5.89 Å². The SMILES string of the molecule is Cc1ccc(-c2nc(CO[C@H]3CCC[C@@H](COC(C)(C)C(=O)O)C3)c(-c3ccccc3)o2)cc1. The largest absolute Gasteiger partial charge is 0.479 e. The molecule has 0 amide bonds. The third kappa shape index (κ3) is 5.93. The van der Waals surface area contributed by atoms with Crippen molar-refractivity contribution in [3.63, 3.8) is 0 Å². The first kappa shape index (κ1) is 24.2. The zero-order valence-corrected chi connectivity index (χ0v) is 20.1. The first-order valence-electron chi connectivity index (χ1n) is 11.9. The van der Waals surface area contributed by atoms with Crippen LogP contribution < -0.4 is 0 Å². The lowest BCUT2D eigenvalue weighted by Gasteiger charge is -2.31. The zero-order chi connectivity index (χ0) is 24.1. The van der Waals surface area contributed by atoms with Crippen molar-refractivity contribution in [1.29, 1.82) is 0 Å². The molecule has 34 heavy (non-hydrogen) atoms. The molecule has 1 aliphatic carbocycles. The lowest BCUT2D eigenvalue weighted by molar-refractivity contribution is -0.163. The molecule has 0 saturated heterocycles. The second-order valence-corrected chi connectivity index (χ2v) is 9.62. The van der Waals surface area contributed by atoms with Gasteiger partial charge in [0.25, 0.3) is 0 Å². The summed E-state index contributed by atoms with van der Waals surface area (Å²) in [6.45, 7) is 6.02. The van der Waals surface area contributed by atoms with Crippen molar-refractivity contribution in [3.8, 4) is 22.8 Å². The molecule has 6 nitrogen and oxygen atoms in total. The Morgan fingerprint density at radius 1 is 1.09 bits per heavy atom. The van der Waals surface area contributed by atoms with E-state index in [0.29, 0.717) is 19.1 Å². The van der Waals surface area contributed by atoms with Crippen LogP contribution in [0.2, 0.25) is 0 Å². The molecule has 1 fully saturated rings. The van der Waals surface area contributed by atoms with E-state index in [1.807, 2.05) is 54.6 Å². The molecule has 3 aromatic rings. The molecule has 4 rings (SSSR count). The number of carbonyl (C=O) groups is 1. The monoisotopic (exact) mass is 463 g/mol. The van der Waals surface area contributed by atoms with E-state index in [-0.39, 0.29) is 12.0 Å². The second kappa shape index (κ2) is 10.5. The summed E-state index contributed by atoms with van der Waals surface area (Å²) in [5.41, 5.74) is 2.70. The number of carboxylic acid groups (broad SMARTS) is 1. The van der Waals surface area contributed by atoms with Gasteiger partial charge >= 0.3 is 5.97 Å². The number of hydrogen-bond donors (Lipinski definition) is 1. The van der Waals surface area contributed by atoms with Crippen molar-refractivity contribution in [2.75, 3.05) is 6.61 Å². The van der Waals surface area contributed by atoms with Crippen LogP contribution in [0.25, 0.3) is 22.8 Å². The van der Waals surface area contributed by atoms with Crippen LogP contribution in [-0.4, -0.2) is 34.4 Å². The minimum atomic E-state index is -1.18. The fourth-order valence-corrected chi connectivity index (χ4v) is 4.21. The number of ether oxygens (including phenoxy) is 2. The summed E-state index contributed by atoms with van der Waals surface area (Å²) < 4.78 is 18.2. The lowest BCUT2D eigenvalue weighted by Crippen LogP contribution is -2.37. The van der Waals surface area contributed by atoms with Crippen LogP contribution >= 0.6 is 0 Å². The van der Waals surface area contributed by atoms with Crippen LogP contribution in [0.5, 0.6) is 0 Å². The van der Waals surface area contributed by atoms with Gasteiger partial charge in [0.05, 0.1) is 19.3 Å².